The van der Waals surface area contributed by atoms with Crippen LogP contribution in [-0.4, -0.2) is 0 Å². The summed E-state index contributed by atoms with van der Waals surface area (Å²) < 4.78 is 0. The van der Waals surface area contributed by atoms with Gasteiger partial charge in [-0.2, -0.15) is 0 Å². The third kappa shape index (κ3) is 2.88. The smallest absolute Gasteiger partial charge is 0.0143 e. The van der Waals surface area contributed by atoms with E-state index in [4.69, 9.17) is 0 Å². The van der Waals surface area contributed by atoms with E-state index in [1.807, 2.05) is 0 Å². The molecule has 52 valence electrons. The van der Waals surface area contributed by atoms with E-state index in [9.17, 15) is 0 Å². The maximum absolute atomic E-state index is 3.48. The lowest BCUT2D eigenvalue weighted by molar-refractivity contribution is 0.480. The molecule has 2 radical (unpaired) electrons. The minimum Gasteiger partial charge on any atom is -0.0619 e. The average Bonchev–Trinajstić information content (AvgIpc) is 1.79. The van der Waals surface area contributed by atoms with Gasteiger partial charge in [-0.25, -0.2) is 0 Å². The Morgan fingerprint density at radius 3 is 2.78 bits per heavy atom. The highest BCUT2D eigenvalue weighted by Gasteiger charge is 2.05. The largest absolute Gasteiger partial charge is 0.0619 e. The van der Waals surface area contributed by atoms with Crippen LogP contribution in [0.3, 0.4) is 0 Å². The topological polar surface area (TPSA) is 0 Å². The highest BCUT2D eigenvalue weighted by Crippen LogP contribution is 2.20. The predicted octanol–water partition coefficient (Wildman–Crippen LogP) is 3.06. The molecule has 0 amide bonds. The van der Waals surface area contributed by atoms with Crippen molar-refractivity contribution in [2.45, 2.75) is 45.4 Å². The predicted molar refractivity (Wildman–Crippen MR) is 40.1 cm³/mol. The van der Waals surface area contributed by atoms with E-state index in [2.05, 4.69) is 13.3 Å². The Balaban J connectivity index is 2.12. The molecule has 1 aliphatic carbocycles. The first-order valence-corrected chi connectivity index (χ1v) is 4.13. The van der Waals surface area contributed by atoms with Crippen LogP contribution in [0, 0.1) is 12.3 Å². The van der Waals surface area contributed by atoms with Crippen molar-refractivity contribution in [1.29, 1.82) is 0 Å². The fourth-order valence-corrected chi connectivity index (χ4v) is 1.38. The van der Waals surface area contributed by atoms with Gasteiger partial charge >= 0.3 is 0 Å². The Hall–Kier alpha value is 0. The molecular weight excluding hydrogens is 108 g/mol. The zero-order valence-corrected chi connectivity index (χ0v) is 6.32. The molecule has 0 N–H and O–H groups in total. The standard InChI is InChI=1S/C9H16/c1-9-7-5-3-2-4-6-8-9/h9H,2-7H2,1H3. The van der Waals surface area contributed by atoms with E-state index in [0.29, 0.717) is 0 Å². The normalized spacial score (nSPS) is 25.0. The minimum atomic E-state index is 0.769. The van der Waals surface area contributed by atoms with Crippen molar-refractivity contribution in [3.05, 3.63) is 6.42 Å². The molecule has 9 heavy (non-hydrogen) atoms. The Labute approximate surface area is 58.7 Å². The highest BCUT2D eigenvalue weighted by atomic mass is 14.1. The van der Waals surface area contributed by atoms with Gasteiger partial charge in [0.15, 0.2) is 0 Å². The summed E-state index contributed by atoms with van der Waals surface area (Å²) in [5, 5.41) is 0. The van der Waals surface area contributed by atoms with E-state index in [1.54, 1.807) is 0 Å². The summed E-state index contributed by atoms with van der Waals surface area (Å²) in [6, 6.07) is 0. The second kappa shape index (κ2) is 3.92. The third-order valence-electron chi connectivity index (χ3n) is 2.06. The van der Waals surface area contributed by atoms with Crippen molar-refractivity contribution < 1.29 is 0 Å². The van der Waals surface area contributed by atoms with E-state index < -0.39 is 0 Å². The summed E-state index contributed by atoms with van der Waals surface area (Å²) in [6.07, 6.45) is 11.8. The quantitative estimate of drug-likeness (QED) is 0.465. The zero-order chi connectivity index (χ0) is 6.53. The maximum atomic E-state index is 3.48. The number of rotatable bonds is 0. The molecule has 0 saturated heterocycles. The molecule has 0 heterocycles. The lowest BCUT2D eigenvalue weighted by atomic mass is 9.93. The molecule has 1 saturated carbocycles. The van der Waals surface area contributed by atoms with Crippen LogP contribution in [0.1, 0.15) is 45.4 Å². The second-order valence-electron chi connectivity index (χ2n) is 3.06. The number of hydrogen-bond donors (Lipinski definition) is 0. The molecule has 0 aromatic rings. The Kier molecular flexibility index (Phi) is 3.10. The Bertz CT molecular complexity index is 58.4. The van der Waals surface area contributed by atoms with Gasteiger partial charge in [-0.05, 0) is 18.8 Å². The van der Waals surface area contributed by atoms with Gasteiger partial charge < -0.3 is 0 Å². The third-order valence-corrected chi connectivity index (χ3v) is 2.06. The van der Waals surface area contributed by atoms with Gasteiger partial charge in [0.25, 0.3) is 0 Å². The lowest BCUT2D eigenvalue weighted by Gasteiger charge is -2.13. The molecule has 0 aliphatic heterocycles. The van der Waals surface area contributed by atoms with Crippen molar-refractivity contribution in [2.75, 3.05) is 0 Å². The Morgan fingerprint density at radius 2 is 1.89 bits per heavy atom. The molecule has 0 aromatic heterocycles. The van der Waals surface area contributed by atoms with Gasteiger partial charge in [-0.3, -0.25) is 0 Å². The van der Waals surface area contributed by atoms with Crippen molar-refractivity contribution >= 4 is 0 Å². The summed E-state index contributed by atoms with van der Waals surface area (Å²) in [5.74, 6) is 0.769. The molecule has 0 spiro atoms. The summed E-state index contributed by atoms with van der Waals surface area (Å²) in [7, 11) is 0. The SMILES string of the molecule is CC1[C]CCCCCC1. The van der Waals surface area contributed by atoms with Gasteiger partial charge in [0, 0.05) is 0 Å². The van der Waals surface area contributed by atoms with E-state index in [-0.39, 0.29) is 0 Å². The number of hydrogen-bond acceptors (Lipinski definition) is 0. The van der Waals surface area contributed by atoms with Crippen LogP contribution in [0.5, 0.6) is 0 Å². The van der Waals surface area contributed by atoms with Crippen LogP contribution >= 0.6 is 0 Å². The molecule has 0 aromatic carbocycles. The average molecular weight is 124 g/mol. The molecule has 0 heteroatoms. The van der Waals surface area contributed by atoms with Gasteiger partial charge in [0.2, 0.25) is 0 Å². The minimum absolute atomic E-state index is 0.769. The van der Waals surface area contributed by atoms with Gasteiger partial charge in [-0.15, -0.1) is 0 Å². The summed E-state index contributed by atoms with van der Waals surface area (Å²) in [5.41, 5.74) is 0. The molecule has 0 nitrogen and oxygen atoms in total. The van der Waals surface area contributed by atoms with Crippen LogP contribution in [0.15, 0.2) is 0 Å². The van der Waals surface area contributed by atoms with Crippen molar-refractivity contribution in [2.24, 2.45) is 5.92 Å². The van der Waals surface area contributed by atoms with Gasteiger partial charge in [0.1, 0.15) is 0 Å². The van der Waals surface area contributed by atoms with E-state index >= 15 is 0 Å². The fraction of sp³-hybridized carbons (Fsp3) is 0.889. The summed E-state index contributed by atoms with van der Waals surface area (Å²) in [4.78, 5) is 0. The first kappa shape index (κ1) is 7.11. The monoisotopic (exact) mass is 124 g/mol. The van der Waals surface area contributed by atoms with E-state index in [0.717, 1.165) is 5.92 Å². The highest BCUT2D eigenvalue weighted by molar-refractivity contribution is 4.74. The first-order valence-electron chi connectivity index (χ1n) is 4.13. The van der Waals surface area contributed by atoms with Crippen LogP contribution in [0.25, 0.3) is 0 Å². The first-order chi connectivity index (χ1) is 4.39. The fourth-order valence-electron chi connectivity index (χ4n) is 1.38. The van der Waals surface area contributed by atoms with Crippen molar-refractivity contribution in [1.82, 2.24) is 0 Å². The van der Waals surface area contributed by atoms with Crippen LogP contribution < -0.4 is 0 Å². The summed E-state index contributed by atoms with van der Waals surface area (Å²) in [6.45, 7) is 2.28. The van der Waals surface area contributed by atoms with Crippen LogP contribution in [-0.2, 0) is 0 Å². The maximum Gasteiger partial charge on any atom is -0.0143 e. The van der Waals surface area contributed by atoms with Gasteiger partial charge in [-0.1, -0.05) is 39.0 Å². The summed E-state index contributed by atoms with van der Waals surface area (Å²) >= 11 is 0. The second-order valence-corrected chi connectivity index (χ2v) is 3.06. The van der Waals surface area contributed by atoms with Crippen molar-refractivity contribution in [3.8, 4) is 0 Å². The van der Waals surface area contributed by atoms with E-state index in [1.165, 1.54) is 38.5 Å². The van der Waals surface area contributed by atoms with Crippen LogP contribution in [0.4, 0.5) is 0 Å². The van der Waals surface area contributed by atoms with Crippen LogP contribution in [0.2, 0.25) is 0 Å². The van der Waals surface area contributed by atoms with Gasteiger partial charge in [0.05, 0.1) is 0 Å². The molecule has 1 atom stereocenters. The molecule has 1 aliphatic rings. The zero-order valence-electron chi connectivity index (χ0n) is 6.32. The lowest BCUT2D eigenvalue weighted by Crippen LogP contribution is -1.98. The molecule has 1 unspecified atom stereocenters. The molecular formula is C9H16. The molecule has 1 rings (SSSR count). The Morgan fingerprint density at radius 1 is 1.11 bits per heavy atom. The molecule has 0 bridgehead atoms. The van der Waals surface area contributed by atoms with Crippen molar-refractivity contribution in [3.63, 3.8) is 0 Å². The molecule has 1 fully saturated rings.